The first kappa shape index (κ1) is 15.0. The second-order valence-corrected chi connectivity index (χ2v) is 6.03. The van der Waals surface area contributed by atoms with Crippen molar-refractivity contribution in [3.63, 3.8) is 0 Å². The fourth-order valence-corrected chi connectivity index (χ4v) is 3.47. The number of esters is 2. The third kappa shape index (κ3) is 2.39. The molecule has 1 spiro atoms. The first-order valence-electron chi connectivity index (χ1n) is 7.75. The lowest BCUT2D eigenvalue weighted by molar-refractivity contribution is -0.156. The van der Waals surface area contributed by atoms with Crippen LogP contribution in [-0.2, 0) is 14.3 Å². The van der Waals surface area contributed by atoms with Gasteiger partial charge in [-0.1, -0.05) is 18.2 Å². The summed E-state index contributed by atoms with van der Waals surface area (Å²) in [4.78, 5) is 27.2. The van der Waals surface area contributed by atoms with Gasteiger partial charge in [0.25, 0.3) is 0 Å². The standard InChI is InChI=1S/C17H21NO4/c1-3-21-16(20)14-12-6-4-5-7-13(12)15(19)22-17(14)8-10-18(2)11-9-17/h4-7,14H,3,8-11H2,1-2H3. The number of piperidine rings is 1. The Bertz CT molecular complexity index is 590. The SMILES string of the molecule is CCOC(=O)C1c2ccccc2C(=O)OC12CCN(C)CC2. The van der Waals surface area contributed by atoms with Crippen molar-refractivity contribution in [3.05, 3.63) is 35.4 Å². The van der Waals surface area contributed by atoms with E-state index >= 15 is 0 Å². The van der Waals surface area contributed by atoms with Crippen molar-refractivity contribution in [1.29, 1.82) is 0 Å². The Morgan fingerprint density at radius 2 is 2.05 bits per heavy atom. The van der Waals surface area contributed by atoms with Crippen LogP contribution >= 0.6 is 0 Å². The normalized spacial score (nSPS) is 23.7. The summed E-state index contributed by atoms with van der Waals surface area (Å²) in [5.74, 6) is -1.16. The van der Waals surface area contributed by atoms with E-state index < -0.39 is 11.5 Å². The van der Waals surface area contributed by atoms with E-state index in [9.17, 15) is 9.59 Å². The fraction of sp³-hybridized carbons (Fsp3) is 0.529. The maximum atomic E-state index is 12.6. The molecule has 0 saturated carbocycles. The molecule has 5 heteroatoms. The average molecular weight is 303 g/mol. The third-order valence-electron chi connectivity index (χ3n) is 4.67. The van der Waals surface area contributed by atoms with E-state index in [1.165, 1.54) is 0 Å². The molecule has 2 aliphatic rings. The Hall–Kier alpha value is -1.88. The fourth-order valence-electron chi connectivity index (χ4n) is 3.47. The second-order valence-electron chi connectivity index (χ2n) is 6.03. The lowest BCUT2D eigenvalue weighted by Gasteiger charge is -2.46. The molecule has 1 aromatic rings. The Morgan fingerprint density at radius 3 is 2.73 bits per heavy atom. The number of hydrogen-bond acceptors (Lipinski definition) is 5. The molecule has 3 rings (SSSR count). The first-order chi connectivity index (χ1) is 10.6. The van der Waals surface area contributed by atoms with Crippen molar-refractivity contribution >= 4 is 11.9 Å². The van der Waals surface area contributed by atoms with E-state index in [1.807, 2.05) is 19.2 Å². The molecule has 0 radical (unpaired) electrons. The third-order valence-corrected chi connectivity index (χ3v) is 4.67. The Labute approximate surface area is 130 Å². The van der Waals surface area contributed by atoms with Crippen molar-refractivity contribution in [2.75, 3.05) is 26.7 Å². The molecule has 1 atom stereocenters. The molecular weight excluding hydrogens is 282 g/mol. The van der Waals surface area contributed by atoms with Crippen LogP contribution in [-0.4, -0.2) is 49.2 Å². The van der Waals surface area contributed by atoms with Crippen molar-refractivity contribution in [2.24, 2.45) is 0 Å². The van der Waals surface area contributed by atoms with Gasteiger partial charge in [-0.3, -0.25) is 4.79 Å². The second kappa shape index (κ2) is 5.72. The highest BCUT2D eigenvalue weighted by Gasteiger charge is 2.53. The van der Waals surface area contributed by atoms with E-state index in [2.05, 4.69) is 4.90 Å². The number of carbonyl (C=O) groups is 2. The number of hydrogen-bond donors (Lipinski definition) is 0. The highest BCUT2D eigenvalue weighted by Crippen LogP contribution is 2.45. The number of nitrogens with zero attached hydrogens (tertiary/aromatic N) is 1. The van der Waals surface area contributed by atoms with Gasteiger partial charge in [-0.15, -0.1) is 0 Å². The van der Waals surface area contributed by atoms with Crippen molar-refractivity contribution in [3.8, 4) is 0 Å². The van der Waals surface area contributed by atoms with Gasteiger partial charge in [0.2, 0.25) is 0 Å². The van der Waals surface area contributed by atoms with E-state index in [-0.39, 0.29) is 11.9 Å². The Morgan fingerprint density at radius 1 is 1.36 bits per heavy atom. The van der Waals surface area contributed by atoms with E-state index in [1.54, 1.807) is 19.1 Å². The maximum Gasteiger partial charge on any atom is 0.339 e. The topological polar surface area (TPSA) is 55.8 Å². The number of likely N-dealkylation sites (tertiary alicyclic amines) is 1. The number of carbonyl (C=O) groups excluding carboxylic acids is 2. The first-order valence-corrected chi connectivity index (χ1v) is 7.75. The van der Waals surface area contributed by atoms with Crippen LogP contribution in [0.5, 0.6) is 0 Å². The number of rotatable bonds is 2. The molecule has 1 saturated heterocycles. The highest BCUT2D eigenvalue weighted by atomic mass is 16.6. The summed E-state index contributed by atoms with van der Waals surface area (Å²) in [5, 5.41) is 0. The van der Waals surface area contributed by atoms with Crippen molar-refractivity contribution in [2.45, 2.75) is 31.3 Å². The molecule has 2 aliphatic heterocycles. The predicted molar refractivity (Wildman–Crippen MR) is 80.7 cm³/mol. The van der Waals surface area contributed by atoms with Gasteiger partial charge in [-0.2, -0.15) is 0 Å². The van der Waals surface area contributed by atoms with Gasteiger partial charge >= 0.3 is 11.9 Å². The zero-order chi connectivity index (χ0) is 15.7. The van der Waals surface area contributed by atoms with Gasteiger partial charge in [0.05, 0.1) is 12.2 Å². The molecule has 0 aliphatic carbocycles. The summed E-state index contributed by atoms with van der Waals surface area (Å²) in [5.41, 5.74) is 0.441. The van der Waals surface area contributed by atoms with Gasteiger partial charge in [0.15, 0.2) is 0 Å². The van der Waals surface area contributed by atoms with Crippen LogP contribution in [0.25, 0.3) is 0 Å². The molecule has 1 fully saturated rings. The van der Waals surface area contributed by atoms with Crippen LogP contribution in [0.1, 0.15) is 41.6 Å². The van der Waals surface area contributed by atoms with Crippen LogP contribution in [0.4, 0.5) is 0 Å². The monoisotopic (exact) mass is 303 g/mol. The molecule has 1 unspecified atom stereocenters. The smallest absolute Gasteiger partial charge is 0.339 e. The molecule has 0 bridgehead atoms. The molecule has 5 nitrogen and oxygen atoms in total. The number of ether oxygens (including phenoxy) is 2. The molecule has 22 heavy (non-hydrogen) atoms. The highest BCUT2D eigenvalue weighted by molar-refractivity contribution is 5.96. The minimum atomic E-state index is -0.774. The van der Waals surface area contributed by atoms with Crippen molar-refractivity contribution < 1.29 is 19.1 Å². The molecule has 0 aromatic heterocycles. The van der Waals surface area contributed by atoms with E-state index in [0.717, 1.165) is 18.7 Å². The lowest BCUT2D eigenvalue weighted by Crippen LogP contribution is -2.54. The summed E-state index contributed by atoms with van der Waals surface area (Å²) >= 11 is 0. The summed E-state index contributed by atoms with van der Waals surface area (Å²) < 4.78 is 11.1. The quantitative estimate of drug-likeness (QED) is 0.782. The average Bonchev–Trinajstić information content (AvgIpc) is 2.51. The van der Waals surface area contributed by atoms with E-state index in [0.29, 0.717) is 25.0 Å². The number of benzene rings is 1. The summed E-state index contributed by atoms with van der Waals surface area (Å²) in [7, 11) is 2.03. The zero-order valence-corrected chi connectivity index (χ0v) is 13.0. The molecule has 1 aromatic carbocycles. The van der Waals surface area contributed by atoms with Crippen LogP contribution in [0.2, 0.25) is 0 Å². The molecule has 2 heterocycles. The van der Waals surface area contributed by atoms with Crippen LogP contribution in [0.15, 0.2) is 24.3 Å². The summed E-state index contributed by atoms with van der Waals surface area (Å²) in [6.07, 6.45) is 1.29. The van der Waals surface area contributed by atoms with Gasteiger partial charge in [-0.05, 0) is 25.6 Å². The van der Waals surface area contributed by atoms with Crippen LogP contribution < -0.4 is 0 Å². The summed E-state index contributed by atoms with van der Waals surface area (Å²) in [6, 6.07) is 7.20. The van der Waals surface area contributed by atoms with Gasteiger partial charge in [0, 0.05) is 25.9 Å². The van der Waals surface area contributed by atoms with Crippen LogP contribution in [0, 0.1) is 0 Å². The van der Waals surface area contributed by atoms with Gasteiger partial charge < -0.3 is 14.4 Å². The Balaban J connectivity index is 2.06. The largest absolute Gasteiger partial charge is 0.465 e. The summed E-state index contributed by atoms with van der Waals surface area (Å²) in [6.45, 7) is 3.71. The Kier molecular flexibility index (Phi) is 3.91. The van der Waals surface area contributed by atoms with E-state index in [4.69, 9.17) is 9.47 Å². The predicted octanol–water partition coefficient (Wildman–Crippen LogP) is 1.97. The zero-order valence-electron chi connectivity index (χ0n) is 13.0. The lowest BCUT2D eigenvalue weighted by atomic mass is 9.72. The van der Waals surface area contributed by atoms with Crippen LogP contribution in [0.3, 0.4) is 0 Å². The minimum Gasteiger partial charge on any atom is -0.465 e. The molecule has 0 amide bonds. The number of fused-ring (bicyclic) bond motifs is 1. The molecular formula is C17H21NO4. The molecule has 0 N–H and O–H groups in total. The maximum absolute atomic E-state index is 12.6. The van der Waals surface area contributed by atoms with Gasteiger partial charge in [0.1, 0.15) is 11.5 Å². The van der Waals surface area contributed by atoms with Gasteiger partial charge in [-0.25, -0.2) is 4.79 Å². The van der Waals surface area contributed by atoms with Crippen molar-refractivity contribution in [1.82, 2.24) is 4.90 Å². The molecule has 118 valence electrons. The minimum absolute atomic E-state index is 0.299.